The van der Waals surface area contributed by atoms with Crippen molar-refractivity contribution in [3.8, 4) is 5.75 Å². The molecule has 1 aliphatic heterocycles. The van der Waals surface area contributed by atoms with Crippen LogP contribution in [-0.2, 0) is 6.42 Å². The molecule has 2 aromatic rings. The summed E-state index contributed by atoms with van der Waals surface area (Å²) < 4.78 is 5.68. The molecular weight excluding hydrogens is 266 g/mol. The second kappa shape index (κ2) is 5.87. The first-order valence-electron chi connectivity index (χ1n) is 7.03. The van der Waals surface area contributed by atoms with Gasteiger partial charge in [-0.2, -0.15) is 0 Å². The molecule has 1 N–H and O–H groups in total. The third-order valence-corrected chi connectivity index (χ3v) is 3.71. The van der Waals surface area contributed by atoms with Crippen molar-refractivity contribution in [2.24, 2.45) is 0 Å². The van der Waals surface area contributed by atoms with Gasteiger partial charge in [-0.1, -0.05) is 18.2 Å². The number of carboxylic acids is 1. The molecular formula is C17H17NO3. The van der Waals surface area contributed by atoms with Gasteiger partial charge in [0.2, 0.25) is 0 Å². The topological polar surface area (TPSA) is 49.8 Å². The first-order chi connectivity index (χ1) is 10.2. The molecule has 4 nitrogen and oxygen atoms in total. The van der Waals surface area contributed by atoms with E-state index >= 15 is 0 Å². The van der Waals surface area contributed by atoms with Crippen molar-refractivity contribution < 1.29 is 14.6 Å². The summed E-state index contributed by atoms with van der Waals surface area (Å²) in [5.74, 6) is -0.220. The maximum absolute atomic E-state index is 10.8. The summed E-state index contributed by atoms with van der Waals surface area (Å²) in [4.78, 5) is 13.1. The Morgan fingerprint density at radius 3 is 2.67 bits per heavy atom. The van der Waals surface area contributed by atoms with Crippen molar-refractivity contribution in [3.63, 3.8) is 0 Å². The van der Waals surface area contributed by atoms with Gasteiger partial charge < -0.3 is 14.7 Å². The van der Waals surface area contributed by atoms with E-state index in [0.29, 0.717) is 12.4 Å². The molecule has 0 radical (unpaired) electrons. The predicted octanol–water partition coefficient (Wildman–Crippen LogP) is 2.83. The van der Waals surface area contributed by atoms with E-state index in [-0.39, 0.29) is 5.56 Å². The van der Waals surface area contributed by atoms with Crippen molar-refractivity contribution in [2.45, 2.75) is 6.42 Å². The number of anilines is 1. The first kappa shape index (κ1) is 13.5. The van der Waals surface area contributed by atoms with Gasteiger partial charge in [0.1, 0.15) is 12.4 Å². The van der Waals surface area contributed by atoms with Gasteiger partial charge in [0, 0.05) is 12.2 Å². The lowest BCUT2D eigenvalue weighted by atomic mass is 10.2. The van der Waals surface area contributed by atoms with Crippen LogP contribution in [0.4, 0.5) is 5.69 Å². The number of nitrogens with zero attached hydrogens (tertiary/aromatic N) is 1. The maximum Gasteiger partial charge on any atom is 0.335 e. The number of hydrogen-bond donors (Lipinski definition) is 1. The van der Waals surface area contributed by atoms with E-state index in [2.05, 4.69) is 29.2 Å². The molecule has 21 heavy (non-hydrogen) atoms. The zero-order valence-electron chi connectivity index (χ0n) is 11.7. The fraction of sp³-hybridized carbons (Fsp3) is 0.235. The lowest BCUT2D eigenvalue weighted by Crippen LogP contribution is -2.26. The van der Waals surface area contributed by atoms with E-state index in [1.165, 1.54) is 11.3 Å². The van der Waals surface area contributed by atoms with Crippen LogP contribution in [0.1, 0.15) is 15.9 Å². The maximum atomic E-state index is 10.8. The van der Waals surface area contributed by atoms with Crippen LogP contribution in [0.5, 0.6) is 5.75 Å². The molecule has 1 heterocycles. The summed E-state index contributed by atoms with van der Waals surface area (Å²) in [6, 6.07) is 14.9. The van der Waals surface area contributed by atoms with E-state index in [1.807, 2.05) is 0 Å². The molecule has 2 aromatic carbocycles. The summed E-state index contributed by atoms with van der Waals surface area (Å²) in [7, 11) is 0. The van der Waals surface area contributed by atoms with Crippen molar-refractivity contribution in [1.82, 2.24) is 0 Å². The number of carboxylic acid groups (broad SMARTS) is 1. The van der Waals surface area contributed by atoms with Crippen LogP contribution in [0.3, 0.4) is 0 Å². The van der Waals surface area contributed by atoms with Gasteiger partial charge in [0.25, 0.3) is 0 Å². The molecule has 0 fully saturated rings. The highest BCUT2D eigenvalue weighted by Gasteiger charge is 2.17. The second-order valence-corrected chi connectivity index (χ2v) is 5.04. The fourth-order valence-corrected chi connectivity index (χ4v) is 2.61. The summed E-state index contributed by atoms with van der Waals surface area (Å²) in [5.41, 5.74) is 2.96. The van der Waals surface area contributed by atoms with E-state index in [1.54, 1.807) is 24.3 Å². The summed E-state index contributed by atoms with van der Waals surface area (Å²) in [6.07, 6.45) is 1.09. The van der Waals surface area contributed by atoms with Gasteiger partial charge in [-0.25, -0.2) is 4.79 Å². The van der Waals surface area contributed by atoms with E-state index in [0.717, 1.165) is 19.5 Å². The average Bonchev–Trinajstić information content (AvgIpc) is 2.91. The highest BCUT2D eigenvalue weighted by Crippen LogP contribution is 2.26. The van der Waals surface area contributed by atoms with Crippen molar-refractivity contribution >= 4 is 11.7 Å². The summed E-state index contributed by atoms with van der Waals surface area (Å²) >= 11 is 0. The largest absolute Gasteiger partial charge is 0.492 e. The van der Waals surface area contributed by atoms with Crippen LogP contribution < -0.4 is 9.64 Å². The highest BCUT2D eigenvalue weighted by atomic mass is 16.5. The molecule has 0 unspecified atom stereocenters. The Labute approximate surface area is 123 Å². The van der Waals surface area contributed by atoms with Crippen LogP contribution in [0.15, 0.2) is 48.5 Å². The third-order valence-electron chi connectivity index (χ3n) is 3.71. The number of ether oxygens (including phenoxy) is 1. The zero-order chi connectivity index (χ0) is 14.7. The quantitative estimate of drug-likeness (QED) is 0.916. The van der Waals surface area contributed by atoms with Gasteiger partial charge in [-0.15, -0.1) is 0 Å². The van der Waals surface area contributed by atoms with Crippen molar-refractivity contribution in [3.05, 3.63) is 59.7 Å². The number of hydrogen-bond acceptors (Lipinski definition) is 3. The van der Waals surface area contributed by atoms with Gasteiger partial charge >= 0.3 is 5.97 Å². The minimum atomic E-state index is -0.921. The Morgan fingerprint density at radius 2 is 1.90 bits per heavy atom. The minimum Gasteiger partial charge on any atom is -0.492 e. The SMILES string of the molecule is O=C(O)c1ccc(OCCN2CCc3ccccc32)cc1. The Balaban J connectivity index is 1.54. The summed E-state index contributed by atoms with van der Waals surface area (Å²) in [5, 5.41) is 8.84. The normalized spacial score (nSPS) is 13.0. The Kier molecular flexibility index (Phi) is 3.77. The van der Waals surface area contributed by atoms with Crippen LogP contribution in [0, 0.1) is 0 Å². The van der Waals surface area contributed by atoms with Crippen LogP contribution >= 0.6 is 0 Å². The van der Waals surface area contributed by atoms with E-state index < -0.39 is 5.97 Å². The van der Waals surface area contributed by atoms with Crippen LogP contribution in [0.25, 0.3) is 0 Å². The minimum absolute atomic E-state index is 0.274. The molecule has 0 aromatic heterocycles. The van der Waals surface area contributed by atoms with Crippen LogP contribution in [-0.4, -0.2) is 30.8 Å². The van der Waals surface area contributed by atoms with Crippen molar-refractivity contribution in [1.29, 1.82) is 0 Å². The van der Waals surface area contributed by atoms with Gasteiger partial charge in [-0.05, 0) is 42.3 Å². The molecule has 0 spiro atoms. The number of rotatable bonds is 5. The number of aromatic carboxylic acids is 1. The van der Waals surface area contributed by atoms with Gasteiger partial charge in [0.15, 0.2) is 0 Å². The number of fused-ring (bicyclic) bond motifs is 1. The number of carbonyl (C=O) groups is 1. The Bertz CT molecular complexity index is 637. The molecule has 0 aliphatic carbocycles. The second-order valence-electron chi connectivity index (χ2n) is 5.04. The van der Waals surface area contributed by atoms with Crippen LogP contribution in [0.2, 0.25) is 0 Å². The molecule has 108 valence electrons. The number of benzene rings is 2. The fourth-order valence-electron chi connectivity index (χ4n) is 2.61. The first-order valence-corrected chi connectivity index (χ1v) is 7.03. The summed E-state index contributed by atoms with van der Waals surface area (Å²) in [6.45, 7) is 2.44. The molecule has 1 aliphatic rings. The van der Waals surface area contributed by atoms with Crippen molar-refractivity contribution in [2.75, 3.05) is 24.6 Å². The third kappa shape index (κ3) is 2.99. The average molecular weight is 283 g/mol. The smallest absolute Gasteiger partial charge is 0.335 e. The zero-order valence-corrected chi connectivity index (χ0v) is 11.7. The molecule has 0 amide bonds. The molecule has 0 bridgehead atoms. The van der Waals surface area contributed by atoms with E-state index in [9.17, 15) is 4.79 Å². The van der Waals surface area contributed by atoms with Gasteiger partial charge in [-0.3, -0.25) is 0 Å². The highest BCUT2D eigenvalue weighted by molar-refractivity contribution is 5.87. The van der Waals surface area contributed by atoms with E-state index in [4.69, 9.17) is 9.84 Å². The number of para-hydroxylation sites is 1. The lowest BCUT2D eigenvalue weighted by molar-refractivity contribution is 0.0697. The van der Waals surface area contributed by atoms with Gasteiger partial charge in [0.05, 0.1) is 12.1 Å². The monoisotopic (exact) mass is 283 g/mol. The molecule has 4 heteroatoms. The predicted molar refractivity (Wildman–Crippen MR) is 81.3 cm³/mol. The molecule has 3 rings (SSSR count). The Hall–Kier alpha value is -2.49. The standard InChI is InChI=1S/C17H17NO3/c19-17(20)14-5-7-15(8-6-14)21-12-11-18-10-9-13-3-1-2-4-16(13)18/h1-8H,9-12H2,(H,19,20). The molecule has 0 saturated heterocycles. The molecule has 0 saturated carbocycles. The Morgan fingerprint density at radius 1 is 1.14 bits per heavy atom. The molecule has 0 atom stereocenters. The lowest BCUT2D eigenvalue weighted by Gasteiger charge is -2.19.